The van der Waals surface area contributed by atoms with Gasteiger partial charge in [0.25, 0.3) is 5.78 Å². The van der Waals surface area contributed by atoms with Gasteiger partial charge in [-0.3, -0.25) is 0 Å². The third kappa shape index (κ3) is 2.52. The number of rotatable bonds is 4. The molecule has 0 atom stereocenters. The molecule has 2 aromatic rings. The maximum atomic E-state index is 4.33. The highest BCUT2D eigenvalue weighted by Crippen LogP contribution is 2.13. The Morgan fingerprint density at radius 3 is 2.71 bits per heavy atom. The largest absolute Gasteiger partial charge is 0.358 e. The molecule has 0 bridgehead atoms. The molecule has 0 aromatic carbocycles. The Morgan fingerprint density at radius 1 is 1.24 bits per heavy atom. The molecule has 0 aliphatic heterocycles. The lowest BCUT2D eigenvalue weighted by Gasteiger charge is -2.21. The molecule has 6 nitrogen and oxygen atoms in total. The average molecular weight is 234 g/mol. The third-order valence-electron chi connectivity index (χ3n) is 2.63. The van der Waals surface area contributed by atoms with Crippen molar-refractivity contribution < 1.29 is 0 Å². The quantitative estimate of drug-likeness (QED) is 0.768. The molecule has 0 N–H and O–H groups in total. The van der Waals surface area contributed by atoms with E-state index in [1.807, 2.05) is 13.0 Å². The van der Waals surface area contributed by atoms with E-state index in [9.17, 15) is 0 Å². The molecule has 6 heteroatoms. The van der Waals surface area contributed by atoms with Gasteiger partial charge in [-0.05, 0) is 21.0 Å². The summed E-state index contributed by atoms with van der Waals surface area (Å²) in [4.78, 5) is 12.8. The second-order valence-corrected chi connectivity index (χ2v) is 4.45. The maximum absolute atomic E-state index is 4.33. The van der Waals surface area contributed by atoms with Crippen molar-refractivity contribution in [1.29, 1.82) is 0 Å². The molecule has 0 fully saturated rings. The van der Waals surface area contributed by atoms with Crippen LogP contribution < -0.4 is 4.90 Å². The van der Waals surface area contributed by atoms with E-state index >= 15 is 0 Å². The fraction of sp³-hybridized carbons (Fsp3) is 0.545. The van der Waals surface area contributed by atoms with Gasteiger partial charge in [-0.25, -0.2) is 4.98 Å². The van der Waals surface area contributed by atoms with E-state index in [4.69, 9.17) is 0 Å². The van der Waals surface area contributed by atoms with Crippen molar-refractivity contribution in [2.24, 2.45) is 0 Å². The summed E-state index contributed by atoms with van der Waals surface area (Å²) in [7, 11) is 6.19. The average Bonchev–Trinajstić information content (AvgIpc) is 2.72. The van der Waals surface area contributed by atoms with Crippen LogP contribution in [0.25, 0.3) is 5.78 Å². The van der Waals surface area contributed by atoms with E-state index in [0.717, 1.165) is 24.6 Å². The van der Waals surface area contributed by atoms with Crippen LogP contribution in [0.4, 0.5) is 5.82 Å². The Morgan fingerprint density at radius 2 is 2.00 bits per heavy atom. The molecule has 0 radical (unpaired) electrons. The smallest absolute Gasteiger partial charge is 0.254 e. The predicted octanol–water partition coefficient (Wildman–Crippen LogP) is 0.431. The molecular formula is C11H18N6. The number of anilines is 1. The summed E-state index contributed by atoms with van der Waals surface area (Å²) >= 11 is 0. The SMILES string of the molecule is Cc1cc(N(C)CCN(C)C)n2ncnc2n1. The third-order valence-corrected chi connectivity index (χ3v) is 2.63. The Labute approximate surface area is 101 Å². The molecule has 0 saturated heterocycles. The Bertz CT molecular complexity index is 504. The van der Waals surface area contributed by atoms with Crippen LogP contribution in [0.2, 0.25) is 0 Å². The van der Waals surface area contributed by atoms with Gasteiger partial charge < -0.3 is 9.80 Å². The molecule has 0 unspecified atom stereocenters. The zero-order valence-electron chi connectivity index (χ0n) is 10.8. The molecule has 2 aromatic heterocycles. The number of hydrogen-bond acceptors (Lipinski definition) is 5. The Hall–Kier alpha value is -1.69. The lowest BCUT2D eigenvalue weighted by Crippen LogP contribution is -2.30. The topological polar surface area (TPSA) is 49.6 Å². The van der Waals surface area contributed by atoms with Crippen molar-refractivity contribution in [3.05, 3.63) is 18.1 Å². The molecule has 0 amide bonds. The van der Waals surface area contributed by atoms with Crippen LogP contribution in [-0.4, -0.2) is 58.7 Å². The van der Waals surface area contributed by atoms with Crippen molar-refractivity contribution in [2.45, 2.75) is 6.92 Å². The molecule has 0 aliphatic rings. The van der Waals surface area contributed by atoms with Crippen LogP contribution in [0.1, 0.15) is 5.69 Å². The van der Waals surface area contributed by atoms with Crippen molar-refractivity contribution in [1.82, 2.24) is 24.5 Å². The number of hydrogen-bond donors (Lipinski definition) is 0. The molecule has 92 valence electrons. The first kappa shape index (κ1) is 11.8. The summed E-state index contributed by atoms with van der Waals surface area (Å²) in [5.41, 5.74) is 0.956. The summed E-state index contributed by atoms with van der Waals surface area (Å²) in [6.45, 7) is 3.90. The second-order valence-electron chi connectivity index (χ2n) is 4.45. The molecular weight excluding hydrogens is 216 g/mol. The van der Waals surface area contributed by atoms with Gasteiger partial charge in [0, 0.05) is 31.9 Å². The second kappa shape index (κ2) is 4.67. The van der Waals surface area contributed by atoms with Crippen LogP contribution in [0.5, 0.6) is 0 Å². The van der Waals surface area contributed by atoms with Crippen molar-refractivity contribution in [2.75, 3.05) is 39.1 Å². The number of aryl methyl sites for hydroxylation is 1. The minimum Gasteiger partial charge on any atom is -0.358 e. The Kier molecular flexibility index (Phi) is 3.23. The molecule has 0 saturated carbocycles. The first-order valence-corrected chi connectivity index (χ1v) is 5.61. The van der Waals surface area contributed by atoms with Gasteiger partial charge in [0.1, 0.15) is 12.1 Å². The fourth-order valence-corrected chi connectivity index (χ4v) is 1.65. The van der Waals surface area contributed by atoms with E-state index < -0.39 is 0 Å². The molecule has 0 aliphatic carbocycles. The number of likely N-dealkylation sites (N-methyl/N-ethyl adjacent to an activating group) is 2. The summed E-state index contributed by atoms with van der Waals surface area (Å²) in [6, 6.07) is 2.03. The van der Waals surface area contributed by atoms with E-state index in [0.29, 0.717) is 5.78 Å². The fourth-order valence-electron chi connectivity index (χ4n) is 1.65. The van der Waals surface area contributed by atoms with Crippen LogP contribution in [0, 0.1) is 6.92 Å². The van der Waals surface area contributed by atoms with Gasteiger partial charge in [-0.1, -0.05) is 0 Å². The predicted molar refractivity (Wildman–Crippen MR) is 67.3 cm³/mol. The number of aromatic nitrogens is 4. The van der Waals surface area contributed by atoms with Crippen LogP contribution in [0.15, 0.2) is 12.4 Å². The van der Waals surface area contributed by atoms with E-state index in [-0.39, 0.29) is 0 Å². The standard InChI is InChI=1S/C11H18N6/c1-9-7-10(16(4)6-5-15(2)3)17-11(14-9)12-8-13-17/h7-8H,5-6H2,1-4H3. The zero-order valence-corrected chi connectivity index (χ0v) is 10.8. The highest BCUT2D eigenvalue weighted by molar-refractivity contribution is 5.46. The molecule has 2 rings (SSSR count). The normalized spacial score (nSPS) is 11.4. The summed E-state index contributed by atoms with van der Waals surface area (Å²) in [5.74, 6) is 1.67. The van der Waals surface area contributed by atoms with Gasteiger partial charge in [-0.2, -0.15) is 14.6 Å². The van der Waals surface area contributed by atoms with E-state index in [1.165, 1.54) is 6.33 Å². The van der Waals surface area contributed by atoms with E-state index in [2.05, 4.69) is 46.0 Å². The zero-order chi connectivity index (χ0) is 12.4. The van der Waals surface area contributed by atoms with Crippen molar-refractivity contribution in [3.63, 3.8) is 0 Å². The van der Waals surface area contributed by atoms with Gasteiger partial charge in [0.2, 0.25) is 0 Å². The van der Waals surface area contributed by atoms with E-state index in [1.54, 1.807) is 4.52 Å². The molecule has 17 heavy (non-hydrogen) atoms. The number of nitrogens with zero attached hydrogens (tertiary/aromatic N) is 6. The highest BCUT2D eigenvalue weighted by Gasteiger charge is 2.09. The van der Waals surface area contributed by atoms with Gasteiger partial charge >= 0.3 is 0 Å². The van der Waals surface area contributed by atoms with Crippen LogP contribution in [0.3, 0.4) is 0 Å². The molecule has 2 heterocycles. The lowest BCUT2D eigenvalue weighted by molar-refractivity contribution is 0.416. The Balaban J connectivity index is 2.30. The lowest BCUT2D eigenvalue weighted by atomic mass is 10.4. The van der Waals surface area contributed by atoms with Gasteiger partial charge in [-0.15, -0.1) is 0 Å². The summed E-state index contributed by atoms with van der Waals surface area (Å²) in [6.07, 6.45) is 1.53. The minimum atomic E-state index is 0.650. The molecule has 0 spiro atoms. The van der Waals surface area contributed by atoms with Crippen LogP contribution in [-0.2, 0) is 0 Å². The highest BCUT2D eigenvalue weighted by atomic mass is 15.4. The van der Waals surface area contributed by atoms with Crippen molar-refractivity contribution in [3.8, 4) is 0 Å². The minimum absolute atomic E-state index is 0.650. The van der Waals surface area contributed by atoms with Crippen molar-refractivity contribution >= 4 is 11.6 Å². The summed E-state index contributed by atoms with van der Waals surface area (Å²) in [5, 5.41) is 4.20. The maximum Gasteiger partial charge on any atom is 0.254 e. The van der Waals surface area contributed by atoms with Crippen LogP contribution >= 0.6 is 0 Å². The summed E-state index contributed by atoms with van der Waals surface area (Å²) < 4.78 is 1.77. The van der Waals surface area contributed by atoms with Gasteiger partial charge in [0.15, 0.2) is 0 Å². The first-order chi connectivity index (χ1) is 8.08. The van der Waals surface area contributed by atoms with Gasteiger partial charge in [0.05, 0.1) is 0 Å². The number of fused-ring (bicyclic) bond motifs is 1. The first-order valence-electron chi connectivity index (χ1n) is 5.61. The monoisotopic (exact) mass is 234 g/mol.